The standard InChI is InChI=1S/C15H21N3O3S/c1-12(19)10-21-14-2-3-15(16-8-14)18-6-4-17(5-7-18)9-13(20)11-22/h2-3,8,22H,4-7,9-11H2,1H3. The van der Waals surface area contributed by atoms with Gasteiger partial charge in [-0.1, -0.05) is 0 Å². The minimum absolute atomic E-state index is 0.0176. The third kappa shape index (κ3) is 4.99. The van der Waals surface area contributed by atoms with E-state index in [0.29, 0.717) is 18.0 Å². The fourth-order valence-electron chi connectivity index (χ4n) is 2.26. The molecule has 1 aromatic rings. The minimum Gasteiger partial charge on any atom is -0.484 e. The molecular formula is C15H21N3O3S. The molecule has 0 aliphatic carbocycles. The Kier molecular flexibility index (Phi) is 6.21. The number of pyridine rings is 1. The number of anilines is 1. The summed E-state index contributed by atoms with van der Waals surface area (Å²) in [5, 5.41) is 0. The average molecular weight is 323 g/mol. The Morgan fingerprint density at radius 1 is 1.27 bits per heavy atom. The number of ketones is 2. The highest BCUT2D eigenvalue weighted by Gasteiger charge is 2.19. The summed E-state index contributed by atoms with van der Waals surface area (Å²) in [6.45, 7) is 5.37. The number of hydrogen-bond acceptors (Lipinski definition) is 7. The van der Waals surface area contributed by atoms with Crippen LogP contribution in [-0.2, 0) is 9.59 Å². The zero-order chi connectivity index (χ0) is 15.9. The summed E-state index contributed by atoms with van der Waals surface area (Å²) in [4.78, 5) is 31.0. The van der Waals surface area contributed by atoms with Crippen molar-refractivity contribution < 1.29 is 14.3 Å². The number of piperazine rings is 1. The van der Waals surface area contributed by atoms with Crippen molar-refractivity contribution in [3.8, 4) is 5.75 Å². The Hall–Kier alpha value is -1.60. The Labute approximate surface area is 135 Å². The van der Waals surface area contributed by atoms with Crippen LogP contribution in [0.15, 0.2) is 18.3 Å². The fourth-order valence-corrected chi connectivity index (χ4v) is 2.36. The Morgan fingerprint density at radius 3 is 2.55 bits per heavy atom. The van der Waals surface area contributed by atoms with Crippen molar-refractivity contribution >= 4 is 30.0 Å². The Morgan fingerprint density at radius 2 is 2.00 bits per heavy atom. The van der Waals surface area contributed by atoms with Gasteiger partial charge in [0.2, 0.25) is 0 Å². The normalized spacial score (nSPS) is 15.6. The monoisotopic (exact) mass is 323 g/mol. The molecule has 2 heterocycles. The van der Waals surface area contributed by atoms with E-state index in [9.17, 15) is 9.59 Å². The second kappa shape index (κ2) is 8.14. The van der Waals surface area contributed by atoms with Gasteiger partial charge in [0.1, 0.15) is 18.2 Å². The third-order valence-corrected chi connectivity index (χ3v) is 3.79. The summed E-state index contributed by atoms with van der Waals surface area (Å²) >= 11 is 4.00. The van der Waals surface area contributed by atoms with Crippen LogP contribution >= 0.6 is 12.6 Å². The lowest BCUT2D eigenvalue weighted by Crippen LogP contribution is -2.48. The lowest BCUT2D eigenvalue weighted by atomic mass is 10.3. The molecule has 1 aromatic heterocycles. The van der Waals surface area contributed by atoms with Gasteiger partial charge >= 0.3 is 0 Å². The lowest BCUT2D eigenvalue weighted by Gasteiger charge is -2.34. The van der Waals surface area contributed by atoms with Crippen LogP contribution in [0.2, 0.25) is 0 Å². The minimum atomic E-state index is -0.0176. The van der Waals surface area contributed by atoms with Gasteiger partial charge < -0.3 is 9.64 Å². The number of hydrogen-bond donors (Lipinski definition) is 1. The molecule has 1 aliphatic rings. The van der Waals surface area contributed by atoms with Crippen molar-refractivity contribution in [3.05, 3.63) is 18.3 Å². The maximum Gasteiger partial charge on any atom is 0.167 e. The molecule has 6 nitrogen and oxygen atoms in total. The second-order valence-corrected chi connectivity index (χ2v) is 5.62. The van der Waals surface area contributed by atoms with Crippen LogP contribution in [0.1, 0.15) is 6.92 Å². The van der Waals surface area contributed by atoms with Crippen LogP contribution in [0, 0.1) is 0 Å². The third-order valence-electron chi connectivity index (χ3n) is 3.44. The number of rotatable bonds is 7. The predicted molar refractivity (Wildman–Crippen MR) is 87.9 cm³/mol. The first-order chi connectivity index (χ1) is 10.6. The average Bonchev–Trinajstić information content (AvgIpc) is 2.54. The number of nitrogens with zero attached hydrogens (tertiary/aromatic N) is 3. The van der Waals surface area contributed by atoms with Gasteiger partial charge in [-0.05, 0) is 19.1 Å². The van der Waals surface area contributed by atoms with Crippen molar-refractivity contribution in [2.45, 2.75) is 6.92 Å². The van der Waals surface area contributed by atoms with E-state index in [1.807, 2.05) is 12.1 Å². The van der Waals surface area contributed by atoms with Gasteiger partial charge in [0, 0.05) is 26.2 Å². The molecule has 0 unspecified atom stereocenters. The smallest absolute Gasteiger partial charge is 0.167 e. The number of Topliss-reactive ketones (excluding diaryl/α,β-unsaturated/α-hetero) is 2. The van der Waals surface area contributed by atoms with Gasteiger partial charge in [0.15, 0.2) is 11.6 Å². The molecule has 0 N–H and O–H groups in total. The summed E-state index contributed by atoms with van der Waals surface area (Å²) in [7, 11) is 0. The molecule has 1 fully saturated rings. The molecule has 22 heavy (non-hydrogen) atoms. The van der Waals surface area contributed by atoms with Crippen LogP contribution in [0.5, 0.6) is 5.75 Å². The molecule has 0 bridgehead atoms. The van der Waals surface area contributed by atoms with Crippen LogP contribution in [-0.4, -0.2) is 66.5 Å². The van der Waals surface area contributed by atoms with Gasteiger partial charge in [-0.15, -0.1) is 0 Å². The van der Waals surface area contributed by atoms with E-state index in [2.05, 4.69) is 27.4 Å². The van der Waals surface area contributed by atoms with E-state index >= 15 is 0 Å². The number of aromatic nitrogens is 1. The molecule has 2 rings (SSSR count). The predicted octanol–water partition coefficient (Wildman–Crippen LogP) is 0.670. The maximum atomic E-state index is 11.4. The highest BCUT2D eigenvalue weighted by atomic mass is 32.1. The van der Waals surface area contributed by atoms with Crippen LogP contribution in [0.3, 0.4) is 0 Å². The molecule has 120 valence electrons. The summed E-state index contributed by atoms with van der Waals surface area (Å²) in [5.41, 5.74) is 0. The van der Waals surface area contributed by atoms with Crippen LogP contribution in [0.4, 0.5) is 5.82 Å². The van der Waals surface area contributed by atoms with Crippen molar-refractivity contribution in [2.75, 3.05) is 50.0 Å². The van der Waals surface area contributed by atoms with E-state index in [1.165, 1.54) is 6.92 Å². The Balaban J connectivity index is 1.83. The van der Waals surface area contributed by atoms with Crippen LogP contribution in [0.25, 0.3) is 0 Å². The molecule has 0 saturated carbocycles. The fraction of sp³-hybridized carbons (Fsp3) is 0.533. The second-order valence-electron chi connectivity index (χ2n) is 5.30. The Bertz CT molecular complexity index is 513. The van der Waals surface area contributed by atoms with Gasteiger partial charge in [-0.25, -0.2) is 4.98 Å². The highest BCUT2D eigenvalue weighted by Crippen LogP contribution is 2.17. The summed E-state index contributed by atoms with van der Waals surface area (Å²) in [6.07, 6.45) is 1.63. The lowest BCUT2D eigenvalue weighted by molar-refractivity contribution is -0.119. The summed E-state index contributed by atoms with van der Waals surface area (Å²) < 4.78 is 5.30. The van der Waals surface area contributed by atoms with Gasteiger partial charge in [0.05, 0.1) is 18.5 Å². The SMILES string of the molecule is CC(=O)COc1ccc(N2CCN(CC(=O)CS)CC2)nc1. The molecule has 1 aliphatic heterocycles. The van der Waals surface area contributed by atoms with Crippen molar-refractivity contribution in [1.82, 2.24) is 9.88 Å². The molecule has 0 atom stereocenters. The quantitative estimate of drug-likeness (QED) is 0.744. The molecule has 7 heteroatoms. The highest BCUT2D eigenvalue weighted by molar-refractivity contribution is 7.81. The zero-order valence-electron chi connectivity index (χ0n) is 12.7. The first kappa shape index (κ1) is 16.8. The van der Waals surface area contributed by atoms with E-state index < -0.39 is 0 Å². The molecule has 0 radical (unpaired) electrons. The number of carbonyl (C=O) groups is 2. The zero-order valence-corrected chi connectivity index (χ0v) is 13.6. The van der Waals surface area contributed by atoms with Crippen molar-refractivity contribution in [2.24, 2.45) is 0 Å². The van der Waals surface area contributed by atoms with E-state index in [4.69, 9.17) is 4.74 Å². The van der Waals surface area contributed by atoms with E-state index in [0.717, 1.165) is 32.0 Å². The molecule has 0 spiro atoms. The van der Waals surface area contributed by atoms with E-state index in [-0.39, 0.29) is 18.2 Å². The summed E-state index contributed by atoms with van der Waals surface area (Å²) in [5.74, 6) is 1.91. The largest absolute Gasteiger partial charge is 0.484 e. The number of thiol groups is 1. The van der Waals surface area contributed by atoms with Crippen molar-refractivity contribution in [1.29, 1.82) is 0 Å². The topological polar surface area (TPSA) is 62.7 Å². The maximum absolute atomic E-state index is 11.4. The van der Waals surface area contributed by atoms with Crippen LogP contribution < -0.4 is 9.64 Å². The molecule has 1 saturated heterocycles. The van der Waals surface area contributed by atoms with Crippen molar-refractivity contribution in [3.63, 3.8) is 0 Å². The van der Waals surface area contributed by atoms with Gasteiger partial charge in [-0.3, -0.25) is 14.5 Å². The first-order valence-electron chi connectivity index (χ1n) is 7.26. The molecular weight excluding hydrogens is 302 g/mol. The first-order valence-corrected chi connectivity index (χ1v) is 7.90. The van der Waals surface area contributed by atoms with Gasteiger partial charge in [0.25, 0.3) is 0 Å². The molecule has 0 aromatic carbocycles. The number of ether oxygens (including phenoxy) is 1. The van der Waals surface area contributed by atoms with E-state index in [1.54, 1.807) is 6.20 Å². The summed E-state index contributed by atoms with van der Waals surface area (Å²) in [6, 6.07) is 3.71. The van der Waals surface area contributed by atoms with Gasteiger partial charge in [-0.2, -0.15) is 12.6 Å². The molecule has 0 amide bonds. The number of carbonyl (C=O) groups excluding carboxylic acids is 2.